The summed E-state index contributed by atoms with van der Waals surface area (Å²) in [6.07, 6.45) is 6.10. The largest absolute Gasteiger partial charge is 0.352 e. The lowest BCUT2D eigenvalue weighted by Crippen LogP contribution is -2.31. The van der Waals surface area contributed by atoms with Gasteiger partial charge in [0.25, 0.3) is 0 Å². The minimum Gasteiger partial charge on any atom is -0.352 e. The Hall–Kier alpha value is -3.03. The van der Waals surface area contributed by atoms with E-state index >= 15 is 0 Å². The Bertz CT molecular complexity index is 1010. The average molecular weight is 405 g/mol. The summed E-state index contributed by atoms with van der Waals surface area (Å²) >= 11 is 0. The van der Waals surface area contributed by atoms with Crippen LogP contribution in [0.5, 0.6) is 0 Å². The summed E-state index contributed by atoms with van der Waals surface area (Å²) in [5, 5.41) is 7.74. The van der Waals surface area contributed by atoms with E-state index in [0.717, 1.165) is 27.9 Å². The number of amides is 1. The van der Waals surface area contributed by atoms with E-state index in [0.29, 0.717) is 13.0 Å². The third-order valence-electron chi connectivity index (χ3n) is 5.75. The van der Waals surface area contributed by atoms with Gasteiger partial charge in [0, 0.05) is 67.7 Å². The molecule has 1 fully saturated rings. The third-order valence-corrected chi connectivity index (χ3v) is 5.75. The van der Waals surface area contributed by atoms with E-state index in [4.69, 9.17) is 0 Å². The number of aryl methyl sites for hydroxylation is 1. The Balaban J connectivity index is 1.47. The van der Waals surface area contributed by atoms with Gasteiger partial charge < -0.3 is 5.32 Å². The summed E-state index contributed by atoms with van der Waals surface area (Å²) in [4.78, 5) is 16.6. The lowest BCUT2D eigenvalue weighted by atomic mass is 9.93. The first-order valence-corrected chi connectivity index (χ1v) is 10.3. The van der Waals surface area contributed by atoms with E-state index in [1.54, 1.807) is 12.4 Å². The van der Waals surface area contributed by atoms with E-state index in [2.05, 4.69) is 52.2 Å². The number of carbonyl (C=O) groups is 1. The van der Waals surface area contributed by atoms with Gasteiger partial charge in [-0.05, 0) is 43.2 Å². The number of benzene rings is 1. The van der Waals surface area contributed by atoms with Gasteiger partial charge in [0.05, 0.1) is 0 Å². The molecule has 0 saturated carbocycles. The van der Waals surface area contributed by atoms with Crippen molar-refractivity contribution in [1.82, 2.24) is 30.9 Å². The fourth-order valence-corrected chi connectivity index (χ4v) is 4.02. The van der Waals surface area contributed by atoms with Crippen molar-refractivity contribution in [3.8, 4) is 22.4 Å². The van der Waals surface area contributed by atoms with E-state index in [9.17, 15) is 4.79 Å². The Morgan fingerprint density at radius 1 is 1.10 bits per heavy atom. The number of rotatable bonds is 6. The molecule has 0 aliphatic carbocycles. The summed E-state index contributed by atoms with van der Waals surface area (Å²) in [5.74, 6) is 0.359. The first-order chi connectivity index (χ1) is 14.5. The molecule has 2 atom stereocenters. The van der Waals surface area contributed by atoms with E-state index in [1.165, 1.54) is 0 Å². The number of nitrogens with zero attached hydrogens (tertiary/aromatic N) is 3. The van der Waals surface area contributed by atoms with Crippen LogP contribution < -0.4 is 16.2 Å². The normalized spacial score (nSPS) is 21.0. The van der Waals surface area contributed by atoms with Gasteiger partial charge in [-0.3, -0.25) is 25.3 Å². The monoisotopic (exact) mass is 404 g/mol. The maximum atomic E-state index is 12.5. The van der Waals surface area contributed by atoms with Gasteiger partial charge in [0.1, 0.15) is 5.69 Å². The minimum absolute atomic E-state index is 0.0740. The van der Waals surface area contributed by atoms with Crippen molar-refractivity contribution < 1.29 is 4.79 Å². The minimum atomic E-state index is 0.0740. The van der Waals surface area contributed by atoms with Crippen molar-refractivity contribution in [3.63, 3.8) is 0 Å². The van der Waals surface area contributed by atoms with Crippen LogP contribution in [0.25, 0.3) is 22.4 Å². The van der Waals surface area contributed by atoms with Gasteiger partial charge >= 0.3 is 0 Å². The van der Waals surface area contributed by atoms with Crippen molar-refractivity contribution in [1.29, 1.82) is 0 Å². The first kappa shape index (κ1) is 20.3. The van der Waals surface area contributed by atoms with Crippen LogP contribution in [0.4, 0.5) is 0 Å². The Kier molecular flexibility index (Phi) is 5.92. The summed E-state index contributed by atoms with van der Waals surface area (Å²) in [6.45, 7) is 4.71. The lowest BCUT2D eigenvalue weighted by Gasteiger charge is -2.17. The Morgan fingerprint density at radius 2 is 1.83 bits per heavy atom. The standard InChI is InChI=1S/C23H28N6O/c1-15-20(16(2)27-26-15)12-22(30)25-13-17-5-4-6-19(11-17)23-21(14-29(3)28-23)18-7-9-24-10-8-18/h4-11,14-16,20,26-27H,12-13H2,1-3H3,(H,25,30). The highest BCUT2D eigenvalue weighted by Gasteiger charge is 2.31. The van der Waals surface area contributed by atoms with Crippen molar-refractivity contribution >= 4 is 5.91 Å². The van der Waals surface area contributed by atoms with Crippen LogP contribution in [0.3, 0.4) is 0 Å². The van der Waals surface area contributed by atoms with Crippen molar-refractivity contribution in [2.24, 2.45) is 13.0 Å². The molecule has 1 saturated heterocycles. The number of hydrogen-bond donors (Lipinski definition) is 3. The summed E-state index contributed by atoms with van der Waals surface area (Å²) < 4.78 is 1.82. The van der Waals surface area contributed by atoms with E-state index in [1.807, 2.05) is 42.2 Å². The molecule has 2 aromatic heterocycles. The zero-order valence-corrected chi connectivity index (χ0v) is 17.6. The SMILES string of the molecule is CC1NNC(C)C1CC(=O)NCc1cccc(-c2nn(C)cc2-c2ccncc2)c1. The molecule has 1 aromatic carbocycles. The van der Waals surface area contributed by atoms with E-state index < -0.39 is 0 Å². The molecule has 2 unspecified atom stereocenters. The molecule has 3 aromatic rings. The molecule has 156 valence electrons. The Morgan fingerprint density at radius 3 is 2.57 bits per heavy atom. The smallest absolute Gasteiger partial charge is 0.220 e. The van der Waals surface area contributed by atoms with Crippen LogP contribution in [-0.2, 0) is 18.4 Å². The molecule has 0 radical (unpaired) electrons. The number of carbonyl (C=O) groups excluding carboxylic acids is 1. The van der Waals surface area contributed by atoms with Crippen LogP contribution in [0, 0.1) is 5.92 Å². The van der Waals surface area contributed by atoms with Gasteiger partial charge in [-0.2, -0.15) is 5.10 Å². The maximum absolute atomic E-state index is 12.5. The predicted octanol–water partition coefficient (Wildman–Crippen LogP) is 2.66. The van der Waals surface area contributed by atoms with Gasteiger partial charge in [-0.15, -0.1) is 0 Å². The molecular formula is C23H28N6O. The number of hydrazine groups is 1. The molecule has 1 aliphatic rings. The number of hydrogen-bond acceptors (Lipinski definition) is 5. The fourth-order valence-electron chi connectivity index (χ4n) is 4.02. The van der Waals surface area contributed by atoms with Crippen LogP contribution in [0.15, 0.2) is 55.0 Å². The van der Waals surface area contributed by atoms with Gasteiger partial charge in [-0.1, -0.05) is 18.2 Å². The maximum Gasteiger partial charge on any atom is 0.220 e. The highest BCUT2D eigenvalue weighted by atomic mass is 16.1. The molecule has 7 heteroatoms. The molecule has 4 rings (SSSR count). The predicted molar refractivity (Wildman–Crippen MR) is 117 cm³/mol. The molecule has 30 heavy (non-hydrogen) atoms. The Labute approximate surface area is 176 Å². The summed E-state index contributed by atoms with van der Waals surface area (Å²) in [6, 6.07) is 12.7. The molecule has 1 aliphatic heterocycles. The van der Waals surface area contributed by atoms with Gasteiger partial charge in [-0.25, -0.2) is 0 Å². The number of pyridine rings is 1. The quantitative estimate of drug-likeness (QED) is 0.588. The van der Waals surface area contributed by atoms with Crippen molar-refractivity contribution in [2.75, 3.05) is 0 Å². The number of aromatic nitrogens is 3. The molecule has 7 nitrogen and oxygen atoms in total. The second kappa shape index (κ2) is 8.77. The molecule has 3 heterocycles. The van der Waals surface area contributed by atoms with Crippen LogP contribution in [-0.4, -0.2) is 32.8 Å². The number of nitrogens with one attached hydrogen (secondary N) is 3. The van der Waals surface area contributed by atoms with Crippen LogP contribution >= 0.6 is 0 Å². The zero-order valence-electron chi connectivity index (χ0n) is 17.6. The first-order valence-electron chi connectivity index (χ1n) is 10.3. The molecule has 3 N–H and O–H groups in total. The van der Waals surface area contributed by atoms with Crippen molar-refractivity contribution in [2.45, 2.75) is 38.9 Å². The third kappa shape index (κ3) is 4.42. The van der Waals surface area contributed by atoms with E-state index in [-0.39, 0.29) is 23.9 Å². The second-order valence-electron chi connectivity index (χ2n) is 8.01. The van der Waals surface area contributed by atoms with Gasteiger partial charge in [0.15, 0.2) is 0 Å². The highest BCUT2D eigenvalue weighted by molar-refractivity contribution is 5.80. The fraction of sp³-hybridized carbons (Fsp3) is 0.348. The zero-order chi connectivity index (χ0) is 21.1. The topological polar surface area (TPSA) is 83.9 Å². The molecule has 0 spiro atoms. The lowest BCUT2D eigenvalue weighted by molar-refractivity contribution is -0.122. The summed E-state index contributed by atoms with van der Waals surface area (Å²) in [7, 11) is 1.92. The molecule has 0 bridgehead atoms. The van der Waals surface area contributed by atoms with Gasteiger partial charge in [0.2, 0.25) is 5.91 Å². The van der Waals surface area contributed by atoms with Crippen molar-refractivity contribution in [3.05, 3.63) is 60.6 Å². The molecule has 1 amide bonds. The van der Waals surface area contributed by atoms with Crippen LogP contribution in [0.1, 0.15) is 25.8 Å². The average Bonchev–Trinajstić information content (AvgIpc) is 3.30. The second-order valence-corrected chi connectivity index (χ2v) is 8.01. The van der Waals surface area contributed by atoms with Crippen LogP contribution in [0.2, 0.25) is 0 Å². The summed E-state index contributed by atoms with van der Waals surface area (Å²) in [5.41, 5.74) is 11.5. The highest BCUT2D eigenvalue weighted by Crippen LogP contribution is 2.31. The molecular weight excluding hydrogens is 376 g/mol.